The summed E-state index contributed by atoms with van der Waals surface area (Å²) in [6.45, 7) is 1.43. The summed E-state index contributed by atoms with van der Waals surface area (Å²) < 4.78 is 29.1. The maximum Gasteiger partial charge on any atom is 0.242 e. The van der Waals surface area contributed by atoms with Gasteiger partial charge in [0.15, 0.2) is 5.78 Å². The minimum atomic E-state index is -4.06. The number of benzene rings is 3. The Balaban J connectivity index is 1.60. The zero-order valence-corrected chi connectivity index (χ0v) is 19.9. The molecule has 4 rings (SSSR count). The second kappa shape index (κ2) is 10.2. The van der Waals surface area contributed by atoms with E-state index in [9.17, 15) is 22.8 Å². The molecule has 0 unspecified atom stereocenters. The standard InChI is InChI=1S/C26H25N3O5S/c1-17(30)19-8-5-9-21(15-19)27-26(32)24(14-18-6-3-2-4-7-18)29-35(33,34)22-11-12-23-20(16-22)10-13-25(31)28-23/h2-9,11-12,15-16,24,29H,10,13-14H2,1H3,(H,27,32)(H,28,31)/t24-/m1/s1. The molecule has 0 bridgehead atoms. The van der Waals surface area contributed by atoms with Crippen molar-refractivity contribution in [1.82, 2.24) is 4.72 Å². The molecular weight excluding hydrogens is 466 g/mol. The lowest BCUT2D eigenvalue weighted by Crippen LogP contribution is -2.45. The van der Waals surface area contributed by atoms with E-state index in [0.29, 0.717) is 23.4 Å². The number of amides is 2. The number of ketones is 1. The Hall–Kier alpha value is -3.82. The van der Waals surface area contributed by atoms with E-state index in [4.69, 9.17) is 0 Å². The molecule has 2 amide bonds. The lowest BCUT2D eigenvalue weighted by atomic mass is 10.0. The molecule has 0 aromatic heterocycles. The van der Waals surface area contributed by atoms with Crippen LogP contribution in [0.5, 0.6) is 0 Å². The van der Waals surface area contributed by atoms with Gasteiger partial charge in [-0.15, -0.1) is 0 Å². The fraction of sp³-hybridized carbons (Fsp3) is 0.192. The highest BCUT2D eigenvalue weighted by Gasteiger charge is 2.27. The van der Waals surface area contributed by atoms with Crippen molar-refractivity contribution in [2.24, 2.45) is 0 Å². The third-order valence-corrected chi connectivity index (χ3v) is 7.19. The number of aryl methyl sites for hydroxylation is 1. The van der Waals surface area contributed by atoms with Crippen LogP contribution in [0.15, 0.2) is 77.7 Å². The van der Waals surface area contributed by atoms with Crippen LogP contribution in [-0.2, 0) is 32.5 Å². The molecule has 8 nitrogen and oxygen atoms in total. The summed E-state index contributed by atoms with van der Waals surface area (Å²) in [6, 6.07) is 18.9. The van der Waals surface area contributed by atoms with Crippen LogP contribution in [0.1, 0.15) is 34.8 Å². The van der Waals surface area contributed by atoms with Crippen LogP contribution in [0.2, 0.25) is 0 Å². The molecule has 1 atom stereocenters. The Bertz CT molecular complexity index is 1390. The van der Waals surface area contributed by atoms with Crippen molar-refractivity contribution < 1.29 is 22.8 Å². The summed E-state index contributed by atoms with van der Waals surface area (Å²) in [5.41, 5.74) is 2.91. The molecular formula is C26H25N3O5S. The van der Waals surface area contributed by atoms with E-state index in [0.717, 1.165) is 11.1 Å². The minimum absolute atomic E-state index is 0.0110. The Labute approximate surface area is 203 Å². The predicted octanol–water partition coefficient (Wildman–Crippen LogP) is 3.30. The first kappa shape index (κ1) is 24.3. The van der Waals surface area contributed by atoms with Gasteiger partial charge in [-0.05, 0) is 61.2 Å². The van der Waals surface area contributed by atoms with Gasteiger partial charge in [0.1, 0.15) is 6.04 Å². The summed E-state index contributed by atoms with van der Waals surface area (Å²) in [5, 5.41) is 5.45. The third kappa shape index (κ3) is 6.00. The predicted molar refractivity (Wildman–Crippen MR) is 133 cm³/mol. The minimum Gasteiger partial charge on any atom is -0.326 e. The van der Waals surface area contributed by atoms with Gasteiger partial charge in [0.2, 0.25) is 21.8 Å². The van der Waals surface area contributed by atoms with E-state index < -0.39 is 22.0 Å². The lowest BCUT2D eigenvalue weighted by molar-refractivity contribution is -0.118. The van der Waals surface area contributed by atoms with Gasteiger partial charge >= 0.3 is 0 Å². The van der Waals surface area contributed by atoms with Crippen molar-refractivity contribution in [3.05, 3.63) is 89.5 Å². The van der Waals surface area contributed by atoms with E-state index in [1.807, 2.05) is 30.3 Å². The molecule has 3 N–H and O–H groups in total. The summed E-state index contributed by atoms with van der Waals surface area (Å²) in [7, 11) is -4.06. The molecule has 180 valence electrons. The SMILES string of the molecule is CC(=O)c1cccc(NC(=O)[C@@H](Cc2ccccc2)NS(=O)(=O)c2ccc3c(c2)CCC(=O)N3)c1. The summed E-state index contributed by atoms with van der Waals surface area (Å²) in [5.74, 6) is -0.811. The molecule has 1 aliphatic rings. The van der Waals surface area contributed by atoms with E-state index in [1.54, 1.807) is 30.3 Å². The average molecular weight is 492 g/mol. The van der Waals surface area contributed by atoms with Crippen molar-refractivity contribution >= 4 is 39.0 Å². The van der Waals surface area contributed by atoms with Crippen LogP contribution < -0.4 is 15.4 Å². The Kier molecular flexibility index (Phi) is 7.09. The average Bonchev–Trinajstić information content (AvgIpc) is 2.84. The fourth-order valence-corrected chi connectivity index (χ4v) is 5.11. The van der Waals surface area contributed by atoms with E-state index >= 15 is 0 Å². The van der Waals surface area contributed by atoms with Crippen LogP contribution in [-0.4, -0.2) is 32.1 Å². The smallest absolute Gasteiger partial charge is 0.242 e. The van der Waals surface area contributed by atoms with Crippen LogP contribution in [0.3, 0.4) is 0 Å². The van der Waals surface area contributed by atoms with Crippen molar-refractivity contribution in [1.29, 1.82) is 0 Å². The molecule has 1 aliphatic heterocycles. The molecule has 0 spiro atoms. The number of hydrogen-bond acceptors (Lipinski definition) is 5. The maximum atomic E-state index is 13.3. The van der Waals surface area contributed by atoms with Gasteiger partial charge in [0.25, 0.3) is 0 Å². The van der Waals surface area contributed by atoms with Gasteiger partial charge in [-0.1, -0.05) is 42.5 Å². The van der Waals surface area contributed by atoms with Crippen LogP contribution in [0.25, 0.3) is 0 Å². The Morgan fingerprint density at radius 3 is 2.49 bits per heavy atom. The van der Waals surface area contributed by atoms with Gasteiger partial charge in [-0.25, -0.2) is 8.42 Å². The third-order valence-electron chi connectivity index (χ3n) is 5.72. The van der Waals surface area contributed by atoms with Gasteiger partial charge < -0.3 is 10.6 Å². The first-order valence-corrected chi connectivity index (χ1v) is 12.6. The van der Waals surface area contributed by atoms with Crippen LogP contribution >= 0.6 is 0 Å². The first-order chi connectivity index (χ1) is 16.7. The highest BCUT2D eigenvalue weighted by Crippen LogP contribution is 2.26. The lowest BCUT2D eigenvalue weighted by Gasteiger charge is -2.21. The van der Waals surface area contributed by atoms with Crippen molar-refractivity contribution in [2.45, 2.75) is 37.1 Å². The molecule has 1 heterocycles. The molecule has 3 aromatic carbocycles. The van der Waals surface area contributed by atoms with Gasteiger partial charge in [0, 0.05) is 23.4 Å². The number of rotatable bonds is 8. The van der Waals surface area contributed by atoms with Gasteiger partial charge in [-0.3, -0.25) is 14.4 Å². The monoisotopic (exact) mass is 491 g/mol. The van der Waals surface area contributed by atoms with E-state index in [-0.39, 0.29) is 29.4 Å². The molecule has 0 saturated heterocycles. The van der Waals surface area contributed by atoms with Gasteiger partial charge in [0.05, 0.1) is 4.90 Å². The normalized spacial score (nSPS) is 13.9. The highest BCUT2D eigenvalue weighted by molar-refractivity contribution is 7.89. The summed E-state index contributed by atoms with van der Waals surface area (Å²) >= 11 is 0. The quantitative estimate of drug-likeness (QED) is 0.418. The zero-order valence-electron chi connectivity index (χ0n) is 19.1. The number of sulfonamides is 1. The number of carbonyl (C=O) groups is 3. The number of hydrogen-bond donors (Lipinski definition) is 3. The number of nitrogens with one attached hydrogen (secondary N) is 3. The topological polar surface area (TPSA) is 121 Å². The van der Waals surface area contributed by atoms with Gasteiger partial charge in [-0.2, -0.15) is 4.72 Å². The zero-order chi connectivity index (χ0) is 25.0. The second-order valence-corrected chi connectivity index (χ2v) is 10.1. The number of carbonyl (C=O) groups excluding carboxylic acids is 3. The molecule has 9 heteroatoms. The van der Waals surface area contributed by atoms with Crippen LogP contribution in [0.4, 0.5) is 11.4 Å². The fourth-order valence-electron chi connectivity index (χ4n) is 3.87. The van der Waals surface area contributed by atoms with E-state index in [2.05, 4.69) is 15.4 Å². The van der Waals surface area contributed by atoms with E-state index in [1.165, 1.54) is 19.1 Å². The maximum absolute atomic E-state index is 13.3. The Morgan fingerprint density at radius 2 is 1.74 bits per heavy atom. The number of Topliss-reactive ketones (excluding diaryl/α,β-unsaturated/α-hetero) is 1. The summed E-state index contributed by atoms with van der Waals surface area (Å²) in [6.07, 6.45) is 0.840. The van der Waals surface area contributed by atoms with Crippen molar-refractivity contribution in [3.8, 4) is 0 Å². The van der Waals surface area contributed by atoms with Crippen molar-refractivity contribution in [2.75, 3.05) is 10.6 Å². The largest absolute Gasteiger partial charge is 0.326 e. The molecule has 0 aliphatic carbocycles. The molecule has 0 saturated carbocycles. The first-order valence-electron chi connectivity index (χ1n) is 11.1. The molecule has 35 heavy (non-hydrogen) atoms. The van der Waals surface area contributed by atoms with Crippen LogP contribution in [0, 0.1) is 0 Å². The molecule has 3 aromatic rings. The second-order valence-electron chi connectivity index (χ2n) is 8.36. The van der Waals surface area contributed by atoms with Crippen molar-refractivity contribution in [3.63, 3.8) is 0 Å². The molecule has 0 radical (unpaired) electrons. The highest BCUT2D eigenvalue weighted by atomic mass is 32.2. The summed E-state index contributed by atoms with van der Waals surface area (Å²) in [4.78, 5) is 36.5. The number of fused-ring (bicyclic) bond motifs is 1. The number of anilines is 2. The molecule has 0 fully saturated rings. The Morgan fingerprint density at radius 1 is 0.971 bits per heavy atom.